The topological polar surface area (TPSA) is 69.7 Å². The molecular weight excluding hydrogens is 380 g/mol. The van der Waals surface area contributed by atoms with Gasteiger partial charge in [-0.3, -0.25) is 4.79 Å². The highest BCUT2D eigenvalue weighted by molar-refractivity contribution is 5.91. The van der Waals surface area contributed by atoms with Gasteiger partial charge in [0, 0.05) is 17.7 Å². The summed E-state index contributed by atoms with van der Waals surface area (Å²) >= 11 is 0. The minimum absolute atomic E-state index is 0.0994. The molecule has 0 N–H and O–H groups in total. The number of benzene rings is 2. The van der Waals surface area contributed by atoms with Crippen LogP contribution in [0.15, 0.2) is 79.9 Å². The molecule has 0 saturated carbocycles. The average molecular weight is 400 g/mol. The van der Waals surface area contributed by atoms with Crippen molar-refractivity contribution in [3.63, 3.8) is 0 Å². The van der Waals surface area contributed by atoms with E-state index in [0.717, 1.165) is 28.3 Å². The van der Waals surface area contributed by atoms with Gasteiger partial charge in [-0.05, 0) is 41.0 Å². The number of carbonyl (C=O) groups is 3. The Labute approximate surface area is 175 Å². The van der Waals surface area contributed by atoms with E-state index in [2.05, 4.69) is 29.7 Å². The van der Waals surface area contributed by atoms with E-state index < -0.39 is 18.7 Å². The minimum atomic E-state index is -0.662. The molecule has 0 saturated heterocycles. The largest absolute Gasteiger partial charge is 0.425 e. The van der Waals surface area contributed by atoms with Gasteiger partial charge in [0.1, 0.15) is 0 Å². The zero-order valence-electron chi connectivity index (χ0n) is 16.3. The third kappa shape index (κ3) is 7.45. The van der Waals surface area contributed by atoms with Crippen molar-refractivity contribution in [1.82, 2.24) is 0 Å². The summed E-state index contributed by atoms with van der Waals surface area (Å²) in [5.74, 6) is 4.38. The molecule has 0 radical (unpaired) electrons. The second-order valence-corrected chi connectivity index (χ2v) is 5.93. The molecule has 0 bridgehead atoms. The van der Waals surface area contributed by atoms with Crippen molar-refractivity contribution in [1.29, 1.82) is 0 Å². The van der Waals surface area contributed by atoms with E-state index >= 15 is 0 Å². The van der Waals surface area contributed by atoms with Gasteiger partial charge >= 0.3 is 11.9 Å². The second kappa shape index (κ2) is 11.6. The SMILES string of the molecule is C=CC(=O)CC#Cc1ccc(-c2ccc(/C=C/C(=O)OCOC(=O)C=C)cc2)cc1. The molecule has 0 fully saturated rings. The monoisotopic (exact) mass is 400 g/mol. The molecule has 2 aromatic rings. The Kier molecular flexibility index (Phi) is 8.57. The fourth-order valence-corrected chi connectivity index (χ4v) is 2.26. The van der Waals surface area contributed by atoms with Crippen LogP contribution in [0.5, 0.6) is 0 Å². The Morgan fingerprint density at radius 1 is 0.833 bits per heavy atom. The Morgan fingerprint density at radius 3 is 2.03 bits per heavy atom. The maximum absolute atomic E-state index is 11.6. The maximum atomic E-state index is 11.6. The highest BCUT2D eigenvalue weighted by atomic mass is 16.7. The molecule has 5 nitrogen and oxygen atoms in total. The van der Waals surface area contributed by atoms with Gasteiger partial charge in [-0.1, -0.05) is 61.4 Å². The van der Waals surface area contributed by atoms with Gasteiger partial charge in [-0.15, -0.1) is 0 Å². The molecular formula is C25H20O5. The van der Waals surface area contributed by atoms with Gasteiger partial charge in [-0.2, -0.15) is 0 Å². The standard InChI is InChI=1S/C25H20O5/c1-3-23(26)7-5-6-19-8-13-21(14-9-19)22-15-10-20(11-16-22)12-17-25(28)30-18-29-24(27)4-2/h3-4,8-17H,1-2,7,18H2/b17-12+. The van der Waals surface area contributed by atoms with Gasteiger partial charge in [-0.25, -0.2) is 9.59 Å². The summed E-state index contributed by atoms with van der Waals surface area (Å²) in [5.41, 5.74) is 3.66. The zero-order chi connectivity index (χ0) is 21.8. The van der Waals surface area contributed by atoms with Crippen LogP contribution in [-0.2, 0) is 23.9 Å². The Balaban J connectivity index is 1.92. The first-order valence-electron chi connectivity index (χ1n) is 9.00. The Hall–Kier alpha value is -4.17. The summed E-state index contributed by atoms with van der Waals surface area (Å²) in [6, 6.07) is 15.3. The first-order valence-corrected chi connectivity index (χ1v) is 9.00. The van der Waals surface area contributed by atoms with E-state index in [-0.39, 0.29) is 12.2 Å². The number of esters is 2. The van der Waals surface area contributed by atoms with Gasteiger partial charge in [0.05, 0.1) is 6.42 Å². The Morgan fingerprint density at radius 2 is 1.43 bits per heavy atom. The van der Waals surface area contributed by atoms with Crippen LogP contribution in [0, 0.1) is 11.8 Å². The molecule has 2 rings (SSSR count). The summed E-state index contributed by atoms with van der Waals surface area (Å²) in [5, 5.41) is 0. The molecule has 30 heavy (non-hydrogen) atoms. The maximum Gasteiger partial charge on any atom is 0.333 e. The van der Waals surface area contributed by atoms with Crippen molar-refractivity contribution in [2.45, 2.75) is 6.42 Å². The lowest BCUT2D eigenvalue weighted by Gasteiger charge is -2.03. The van der Waals surface area contributed by atoms with Crippen LogP contribution in [-0.4, -0.2) is 24.5 Å². The average Bonchev–Trinajstić information content (AvgIpc) is 2.78. The first-order chi connectivity index (χ1) is 14.5. The van der Waals surface area contributed by atoms with E-state index in [1.807, 2.05) is 48.5 Å². The van der Waals surface area contributed by atoms with Crippen molar-refractivity contribution in [3.8, 4) is 23.0 Å². The smallest absolute Gasteiger partial charge is 0.333 e. The molecule has 0 amide bonds. The van der Waals surface area contributed by atoms with E-state index in [4.69, 9.17) is 4.74 Å². The van der Waals surface area contributed by atoms with Gasteiger partial charge < -0.3 is 9.47 Å². The highest BCUT2D eigenvalue weighted by Gasteiger charge is 2.01. The van der Waals surface area contributed by atoms with Crippen LogP contribution in [0.4, 0.5) is 0 Å². The van der Waals surface area contributed by atoms with Crippen molar-refractivity contribution in [2.24, 2.45) is 0 Å². The number of carbonyl (C=O) groups excluding carboxylic acids is 3. The summed E-state index contributed by atoms with van der Waals surface area (Å²) in [7, 11) is 0. The van der Waals surface area contributed by atoms with Gasteiger partial charge in [0.2, 0.25) is 6.79 Å². The van der Waals surface area contributed by atoms with Crippen LogP contribution >= 0.6 is 0 Å². The van der Waals surface area contributed by atoms with Crippen molar-refractivity contribution < 1.29 is 23.9 Å². The Bertz CT molecular complexity index is 1020. The number of hydrogen-bond acceptors (Lipinski definition) is 5. The lowest BCUT2D eigenvalue weighted by Crippen LogP contribution is -2.09. The number of rotatable bonds is 8. The van der Waals surface area contributed by atoms with Crippen molar-refractivity contribution in [2.75, 3.05) is 6.79 Å². The van der Waals surface area contributed by atoms with Crippen LogP contribution in [0.25, 0.3) is 17.2 Å². The first kappa shape index (κ1) is 22.1. The summed E-state index contributed by atoms with van der Waals surface area (Å²) in [6.07, 6.45) is 5.26. The number of allylic oxidation sites excluding steroid dienone is 1. The van der Waals surface area contributed by atoms with E-state index in [1.165, 1.54) is 12.2 Å². The molecule has 0 aliphatic carbocycles. The third-order valence-electron chi connectivity index (χ3n) is 3.83. The number of ether oxygens (including phenoxy) is 2. The molecule has 5 heteroatoms. The lowest BCUT2D eigenvalue weighted by atomic mass is 10.0. The van der Waals surface area contributed by atoms with Gasteiger partial charge in [0.25, 0.3) is 0 Å². The molecule has 0 aliphatic heterocycles. The number of hydrogen-bond donors (Lipinski definition) is 0. The molecule has 2 aromatic carbocycles. The fourth-order valence-electron chi connectivity index (χ4n) is 2.26. The molecule has 0 heterocycles. The highest BCUT2D eigenvalue weighted by Crippen LogP contribution is 2.20. The third-order valence-corrected chi connectivity index (χ3v) is 3.83. The second-order valence-electron chi connectivity index (χ2n) is 5.93. The summed E-state index contributed by atoms with van der Waals surface area (Å²) < 4.78 is 9.30. The quantitative estimate of drug-likeness (QED) is 0.289. The number of ketones is 1. The molecule has 0 atom stereocenters. The van der Waals surface area contributed by atoms with E-state index in [9.17, 15) is 14.4 Å². The van der Waals surface area contributed by atoms with E-state index in [0.29, 0.717) is 0 Å². The van der Waals surface area contributed by atoms with Crippen molar-refractivity contribution in [3.05, 3.63) is 91.0 Å². The minimum Gasteiger partial charge on any atom is -0.425 e. The summed E-state index contributed by atoms with van der Waals surface area (Å²) in [6.45, 7) is 6.19. The zero-order valence-corrected chi connectivity index (χ0v) is 16.3. The fraction of sp³-hybridized carbons (Fsp3) is 0.0800. The van der Waals surface area contributed by atoms with Crippen molar-refractivity contribution >= 4 is 23.8 Å². The molecule has 0 spiro atoms. The van der Waals surface area contributed by atoms with E-state index in [1.54, 1.807) is 6.08 Å². The van der Waals surface area contributed by atoms with Crippen LogP contribution in [0.3, 0.4) is 0 Å². The van der Waals surface area contributed by atoms with Crippen LogP contribution in [0.2, 0.25) is 0 Å². The molecule has 0 aliphatic rings. The lowest BCUT2D eigenvalue weighted by molar-refractivity contribution is -0.160. The normalized spacial score (nSPS) is 9.87. The molecule has 0 unspecified atom stereocenters. The predicted octanol–water partition coefficient (Wildman–Crippen LogP) is 4.09. The van der Waals surface area contributed by atoms with Crippen LogP contribution in [0.1, 0.15) is 17.5 Å². The van der Waals surface area contributed by atoms with Crippen LogP contribution < -0.4 is 0 Å². The van der Waals surface area contributed by atoms with Gasteiger partial charge in [0.15, 0.2) is 5.78 Å². The summed E-state index contributed by atoms with van der Waals surface area (Å²) in [4.78, 5) is 33.6. The predicted molar refractivity (Wildman–Crippen MR) is 115 cm³/mol. The molecule has 0 aromatic heterocycles. The molecule has 150 valence electrons.